The van der Waals surface area contributed by atoms with Gasteiger partial charge in [-0.1, -0.05) is 30.3 Å². The van der Waals surface area contributed by atoms with Gasteiger partial charge in [0.1, 0.15) is 11.5 Å². The van der Waals surface area contributed by atoms with E-state index in [4.69, 9.17) is 9.47 Å². The minimum absolute atomic E-state index is 0.0625. The highest BCUT2D eigenvalue weighted by molar-refractivity contribution is 6.12. The van der Waals surface area contributed by atoms with E-state index in [0.717, 1.165) is 28.4 Å². The van der Waals surface area contributed by atoms with Crippen molar-refractivity contribution in [3.63, 3.8) is 0 Å². The standard InChI is InChI=1S/C24H22N2O3/c1-28-20-12-8-18(9-13-20)25-16-22-23(17-6-4-3-5-7-17)24(27)26(22)19-10-14-21(29-2)15-11-19/h3-16,22-23H,1-2H3/t22-,23+/m0/s1. The Morgan fingerprint density at radius 2 is 1.41 bits per heavy atom. The molecule has 0 radical (unpaired) electrons. The summed E-state index contributed by atoms with van der Waals surface area (Å²) in [6.07, 6.45) is 1.85. The number of rotatable bonds is 6. The minimum Gasteiger partial charge on any atom is -0.497 e. The predicted octanol–water partition coefficient (Wildman–Crippen LogP) is 4.61. The Morgan fingerprint density at radius 3 is 2.00 bits per heavy atom. The average molecular weight is 386 g/mol. The lowest BCUT2D eigenvalue weighted by molar-refractivity contribution is -0.125. The lowest BCUT2D eigenvalue weighted by Crippen LogP contribution is -2.60. The third kappa shape index (κ3) is 3.72. The van der Waals surface area contributed by atoms with Crippen molar-refractivity contribution >= 4 is 23.5 Å². The number of hydrogen-bond acceptors (Lipinski definition) is 4. The number of amides is 1. The molecule has 1 amide bonds. The molecule has 29 heavy (non-hydrogen) atoms. The Bertz CT molecular complexity index is 999. The fraction of sp³-hybridized carbons (Fsp3) is 0.167. The quantitative estimate of drug-likeness (QED) is 0.459. The average Bonchev–Trinajstić information content (AvgIpc) is 2.78. The second kappa shape index (κ2) is 8.19. The third-order valence-corrected chi connectivity index (χ3v) is 5.10. The van der Waals surface area contributed by atoms with E-state index in [2.05, 4.69) is 4.99 Å². The maximum absolute atomic E-state index is 13.0. The third-order valence-electron chi connectivity index (χ3n) is 5.10. The van der Waals surface area contributed by atoms with E-state index in [1.54, 1.807) is 19.1 Å². The lowest BCUT2D eigenvalue weighted by atomic mass is 9.81. The maximum Gasteiger partial charge on any atom is 0.237 e. The van der Waals surface area contributed by atoms with Crippen molar-refractivity contribution in [3.05, 3.63) is 84.4 Å². The van der Waals surface area contributed by atoms with Crippen molar-refractivity contribution in [1.29, 1.82) is 0 Å². The summed E-state index contributed by atoms with van der Waals surface area (Å²) in [6, 6.07) is 24.7. The number of β-lactam (4-membered cyclic amide) rings is 1. The van der Waals surface area contributed by atoms with Crippen molar-refractivity contribution < 1.29 is 14.3 Å². The Morgan fingerprint density at radius 1 is 0.828 bits per heavy atom. The van der Waals surface area contributed by atoms with Gasteiger partial charge in [-0.2, -0.15) is 0 Å². The molecule has 0 N–H and O–H groups in total. The molecule has 146 valence electrons. The van der Waals surface area contributed by atoms with E-state index in [-0.39, 0.29) is 17.9 Å². The summed E-state index contributed by atoms with van der Waals surface area (Å²) in [6.45, 7) is 0. The van der Waals surface area contributed by atoms with Crippen molar-refractivity contribution in [2.45, 2.75) is 12.0 Å². The molecule has 0 bridgehead atoms. The molecule has 5 heteroatoms. The number of nitrogens with zero attached hydrogens (tertiary/aromatic N) is 2. The zero-order valence-corrected chi connectivity index (χ0v) is 16.4. The van der Waals surface area contributed by atoms with Gasteiger partial charge in [0.05, 0.1) is 31.9 Å². The zero-order chi connectivity index (χ0) is 20.2. The number of hydrogen-bond donors (Lipinski definition) is 0. The van der Waals surface area contributed by atoms with Gasteiger partial charge in [-0.15, -0.1) is 0 Å². The predicted molar refractivity (Wildman–Crippen MR) is 115 cm³/mol. The summed E-state index contributed by atoms with van der Waals surface area (Å²) in [4.78, 5) is 19.4. The Balaban J connectivity index is 1.64. The van der Waals surface area contributed by atoms with Crippen LogP contribution in [0.5, 0.6) is 11.5 Å². The second-order valence-electron chi connectivity index (χ2n) is 6.76. The molecule has 5 nitrogen and oxygen atoms in total. The number of benzene rings is 3. The van der Waals surface area contributed by atoms with Gasteiger partial charge in [0.25, 0.3) is 0 Å². The molecule has 1 saturated heterocycles. The van der Waals surface area contributed by atoms with Gasteiger partial charge in [-0.05, 0) is 54.1 Å². The minimum atomic E-state index is -0.250. The van der Waals surface area contributed by atoms with Crippen LogP contribution in [0, 0.1) is 0 Å². The monoisotopic (exact) mass is 386 g/mol. The summed E-state index contributed by atoms with van der Waals surface area (Å²) >= 11 is 0. The summed E-state index contributed by atoms with van der Waals surface area (Å²) in [7, 11) is 3.26. The molecule has 0 saturated carbocycles. The van der Waals surface area contributed by atoms with E-state index >= 15 is 0 Å². The Labute approximate surface area is 170 Å². The normalized spacial score (nSPS) is 18.6. The van der Waals surface area contributed by atoms with E-state index < -0.39 is 0 Å². The highest BCUT2D eigenvalue weighted by atomic mass is 16.5. The van der Waals surface area contributed by atoms with Gasteiger partial charge in [-0.3, -0.25) is 9.79 Å². The van der Waals surface area contributed by atoms with Gasteiger partial charge in [0.15, 0.2) is 0 Å². The first kappa shape index (κ1) is 18.7. The summed E-state index contributed by atoms with van der Waals surface area (Å²) in [5.41, 5.74) is 2.63. The molecule has 0 spiro atoms. The van der Waals surface area contributed by atoms with Gasteiger partial charge in [0, 0.05) is 11.9 Å². The molecule has 1 aliphatic heterocycles. The van der Waals surface area contributed by atoms with Gasteiger partial charge >= 0.3 is 0 Å². The van der Waals surface area contributed by atoms with Crippen LogP contribution in [0.25, 0.3) is 0 Å². The van der Waals surface area contributed by atoms with Crippen LogP contribution in [0.2, 0.25) is 0 Å². The van der Waals surface area contributed by atoms with Crippen molar-refractivity contribution in [1.82, 2.24) is 0 Å². The zero-order valence-electron chi connectivity index (χ0n) is 16.4. The van der Waals surface area contributed by atoms with Crippen LogP contribution < -0.4 is 14.4 Å². The van der Waals surface area contributed by atoms with Crippen molar-refractivity contribution in [2.24, 2.45) is 4.99 Å². The highest BCUT2D eigenvalue weighted by Crippen LogP contribution is 2.39. The van der Waals surface area contributed by atoms with E-state index in [0.29, 0.717) is 0 Å². The number of methoxy groups -OCH3 is 2. The van der Waals surface area contributed by atoms with Gasteiger partial charge < -0.3 is 14.4 Å². The van der Waals surface area contributed by atoms with Crippen molar-refractivity contribution in [3.8, 4) is 11.5 Å². The second-order valence-corrected chi connectivity index (χ2v) is 6.76. The molecular formula is C24H22N2O3. The molecule has 1 aliphatic rings. The van der Waals surface area contributed by atoms with E-state index in [1.165, 1.54) is 0 Å². The Hall–Kier alpha value is -3.60. The highest BCUT2D eigenvalue weighted by Gasteiger charge is 2.47. The summed E-state index contributed by atoms with van der Waals surface area (Å²) in [5.74, 6) is 1.35. The van der Waals surface area contributed by atoms with Crippen LogP contribution in [-0.2, 0) is 4.79 Å². The molecule has 1 fully saturated rings. The van der Waals surface area contributed by atoms with E-state index in [9.17, 15) is 4.79 Å². The smallest absolute Gasteiger partial charge is 0.237 e. The molecule has 3 aromatic rings. The van der Waals surface area contributed by atoms with Crippen LogP contribution in [0.15, 0.2) is 83.9 Å². The van der Waals surface area contributed by atoms with Gasteiger partial charge in [-0.25, -0.2) is 0 Å². The van der Waals surface area contributed by atoms with Crippen LogP contribution in [-0.4, -0.2) is 32.4 Å². The van der Waals surface area contributed by atoms with Crippen LogP contribution in [0.3, 0.4) is 0 Å². The fourth-order valence-corrected chi connectivity index (χ4v) is 3.54. The van der Waals surface area contributed by atoms with Crippen LogP contribution >= 0.6 is 0 Å². The molecule has 0 aliphatic carbocycles. The fourth-order valence-electron chi connectivity index (χ4n) is 3.54. The maximum atomic E-state index is 13.0. The van der Waals surface area contributed by atoms with Crippen LogP contribution in [0.1, 0.15) is 11.5 Å². The molecular weight excluding hydrogens is 364 g/mol. The first-order chi connectivity index (χ1) is 14.2. The molecule has 0 unspecified atom stereocenters. The molecule has 3 aromatic carbocycles. The molecule has 0 aromatic heterocycles. The molecule has 4 rings (SSSR count). The van der Waals surface area contributed by atoms with Crippen LogP contribution in [0.4, 0.5) is 11.4 Å². The summed E-state index contributed by atoms with van der Waals surface area (Å²) in [5, 5.41) is 0. The first-order valence-electron chi connectivity index (χ1n) is 9.41. The molecule has 2 atom stereocenters. The number of aliphatic imine (C=N–C) groups is 1. The summed E-state index contributed by atoms with van der Waals surface area (Å²) < 4.78 is 10.4. The van der Waals surface area contributed by atoms with Crippen molar-refractivity contribution in [2.75, 3.05) is 19.1 Å². The Kier molecular flexibility index (Phi) is 5.29. The number of ether oxygens (including phenoxy) is 2. The van der Waals surface area contributed by atoms with E-state index in [1.807, 2.05) is 85.1 Å². The lowest BCUT2D eigenvalue weighted by Gasteiger charge is -2.45. The first-order valence-corrected chi connectivity index (χ1v) is 9.41. The topological polar surface area (TPSA) is 51.1 Å². The number of anilines is 1. The molecule has 1 heterocycles. The number of carbonyl (C=O) groups excluding carboxylic acids is 1. The number of carbonyl (C=O) groups is 1. The largest absolute Gasteiger partial charge is 0.497 e. The SMILES string of the molecule is COc1ccc(N=C[C@H]2[C@@H](c3ccccc3)C(=O)N2c2ccc(OC)cc2)cc1. The van der Waals surface area contributed by atoms with Gasteiger partial charge in [0.2, 0.25) is 5.91 Å².